The number of carbonyl (C=O) groups excluding carboxylic acids is 2. The molecule has 7 heteroatoms. The Morgan fingerprint density at radius 1 is 1.03 bits per heavy atom. The Labute approximate surface area is 190 Å². The number of benzene rings is 2. The Morgan fingerprint density at radius 3 is 2.39 bits per heavy atom. The summed E-state index contributed by atoms with van der Waals surface area (Å²) >= 11 is 5.28. The summed E-state index contributed by atoms with van der Waals surface area (Å²) in [6.45, 7) is 10.0. The van der Waals surface area contributed by atoms with E-state index in [4.69, 9.17) is 17.0 Å². The predicted molar refractivity (Wildman–Crippen MR) is 129 cm³/mol. The van der Waals surface area contributed by atoms with Crippen molar-refractivity contribution in [3.63, 3.8) is 0 Å². The summed E-state index contributed by atoms with van der Waals surface area (Å²) in [6.07, 6.45) is 0.945. The van der Waals surface area contributed by atoms with Crippen molar-refractivity contribution in [2.45, 2.75) is 34.1 Å². The SMILES string of the molecule is CCN(CC)C(=O)c1cccc(NC(=S)NC(=O)c2cccc(OCCC(C)C)c2)c1. The first-order valence-electron chi connectivity index (χ1n) is 10.6. The van der Waals surface area contributed by atoms with Crippen LogP contribution in [0, 0.1) is 5.92 Å². The van der Waals surface area contributed by atoms with E-state index in [-0.39, 0.29) is 16.9 Å². The van der Waals surface area contributed by atoms with Crippen LogP contribution in [0.2, 0.25) is 0 Å². The molecule has 6 nitrogen and oxygen atoms in total. The molecule has 0 aromatic heterocycles. The summed E-state index contributed by atoms with van der Waals surface area (Å²) in [5.74, 6) is 0.825. The molecule has 0 saturated carbocycles. The number of nitrogens with zero attached hydrogens (tertiary/aromatic N) is 1. The average Bonchev–Trinajstić information content (AvgIpc) is 2.74. The maximum absolute atomic E-state index is 12.6. The zero-order chi connectivity index (χ0) is 22.8. The molecule has 0 aliphatic carbocycles. The van der Waals surface area contributed by atoms with Gasteiger partial charge in [0.2, 0.25) is 0 Å². The molecule has 0 heterocycles. The van der Waals surface area contributed by atoms with E-state index in [1.54, 1.807) is 47.4 Å². The molecule has 166 valence electrons. The predicted octanol–water partition coefficient (Wildman–Crippen LogP) is 4.72. The molecule has 2 amide bonds. The molecule has 0 aliphatic heterocycles. The van der Waals surface area contributed by atoms with Crippen molar-refractivity contribution in [1.29, 1.82) is 0 Å². The Kier molecular flexibility index (Phi) is 9.46. The van der Waals surface area contributed by atoms with Gasteiger partial charge in [0.05, 0.1) is 6.61 Å². The molecule has 2 rings (SSSR count). The van der Waals surface area contributed by atoms with Crippen LogP contribution in [-0.4, -0.2) is 41.5 Å². The molecule has 31 heavy (non-hydrogen) atoms. The van der Waals surface area contributed by atoms with Crippen LogP contribution in [-0.2, 0) is 0 Å². The minimum absolute atomic E-state index is 0.0436. The highest BCUT2D eigenvalue weighted by atomic mass is 32.1. The van der Waals surface area contributed by atoms with Crippen LogP contribution in [0.3, 0.4) is 0 Å². The topological polar surface area (TPSA) is 70.7 Å². The van der Waals surface area contributed by atoms with Crippen molar-refractivity contribution >= 4 is 34.8 Å². The first-order valence-corrected chi connectivity index (χ1v) is 11.0. The molecule has 0 unspecified atom stereocenters. The lowest BCUT2D eigenvalue weighted by Crippen LogP contribution is -2.34. The zero-order valence-electron chi connectivity index (χ0n) is 18.6. The first-order chi connectivity index (χ1) is 14.8. The highest BCUT2D eigenvalue weighted by Gasteiger charge is 2.14. The fraction of sp³-hybridized carbons (Fsp3) is 0.375. The molecule has 0 saturated heterocycles. The van der Waals surface area contributed by atoms with Crippen LogP contribution in [0.25, 0.3) is 0 Å². The fourth-order valence-electron chi connectivity index (χ4n) is 2.90. The summed E-state index contributed by atoms with van der Waals surface area (Å²) in [5, 5.41) is 5.80. The van der Waals surface area contributed by atoms with Gasteiger partial charge in [-0.25, -0.2) is 0 Å². The monoisotopic (exact) mass is 441 g/mol. The number of hydrogen-bond donors (Lipinski definition) is 2. The molecule has 2 aromatic rings. The lowest BCUT2D eigenvalue weighted by Gasteiger charge is -2.19. The normalized spacial score (nSPS) is 10.5. The maximum atomic E-state index is 12.6. The number of thiocarbonyl (C=S) groups is 1. The highest BCUT2D eigenvalue weighted by Crippen LogP contribution is 2.15. The largest absolute Gasteiger partial charge is 0.494 e. The Hall–Kier alpha value is -2.93. The van der Waals surface area contributed by atoms with E-state index < -0.39 is 0 Å². The quantitative estimate of drug-likeness (QED) is 0.551. The summed E-state index contributed by atoms with van der Waals surface area (Å²) in [7, 11) is 0. The van der Waals surface area contributed by atoms with E-state index in [1.165, 1.54) is 0 Å². The molecule has 0 spiro atoms. The number of hydrogen-bond acceptors (Lipinski definition) is 4. The molecule has 0 radical (unpaired) electrons. The second-order valence-electron chi connectivity index (χ2n) is 7.53. The fourth-order valence-corrected chi connectivity index (χ4v) is 3.11. The second kappa shape index (κ2) is 12.1. The zero-order valence-corrected chi connectivity index (χ0v) is 19.4. The number of nitrogens with one attached hydrogen (secondary N) is 2. The van der Waals surface area contributed by atoms with E-state index >= 15 is 0 Å². The smallest absolute Gasteiger partial charge is 0.257 e. The third-order valence-electron chi connectivity index (χ3n) is 4.71. The molecular formula is C24H31N3O3S. The molecule has 0 aliphatic rings. The number of rotatable bonds is 9. The van der Waals surface area contributed by atoms with Gasteiger partial charge in [-0.15, -0.1) is 0 Å². The van der Waals surface area contributed by atoms with Gasteiger partial charge < -0.3 is 15.0 Å². The number of amides is 2. The van der Waals surface area contributed by atoms with Gasteiger partial charge in [-0.1, -0.05) is 26.0 Å². The lowest BCUT2D eigenvalue weighted by molar-refractivity contribution is 0.0772. The summed E-state index contributed by atoms with van der Waals surface area (Å²) in [5.41, 5.74) is 1.65. The third kappa shape index (κ3) is 7.68. The van der Waals surface area contributed by atoms with Crippen molar-refractivity contribution in [3.8, 4) is 5.75 Å². The highest BCUT2D eigenvalue weighted by molar-refractivity contribution is 7.80. The van der Waals surface area contributed by atoms with E-state index in [2.05, 4.69) is 24.5 Å². The van der Waals surface area contributed by atoms with Gasteiger partial charge in [0.25, 0.3) is 11.8 Å². The van der Waals surface area contributed by atoms with Crippen LogP contribution in [0.5, 0.6) is 5.75 Å². The molecule has 0 bridgehead atoms. The summed E-state index contributed by atoms with van der Waals surface area (Å²) in [4.78, 5) is 26.8. The third-order valence-corrected chi connectivity index (χ3v) is 4.91. The minimum Gasteiger partial charge on any atom is -0.494 e. The van der Waals surface area contributed by atoms with E-state index in [9.17, 15) is 9.59 Å². The standard InChI is InChI=1S/C24H31N3O3S/c1-5-27(6-2)23(29)19-10-7-11-20(15-19)25-24(31)26-22(28)18-9-8-12-21(16-18)30-14-13-17(3)4/h7-12,15-17H,5-6,13-14H2,1-4H3,(H2,25,26,28,31). The second-order valence-corrected chi connectivity index (χ2v) is 7.93. The van der Waals surface area contributed by atoms with Gasteiger partial charge >= 0.3 is 0 Å². The van der Waals surface area contributed by atoms with Crippen molar-refractivity contribution < 1.29 is 14.3 Å². The van der Waals surface area contributed by atoms with Crippen molar-refractivity contribution in [2.24, 2.45) is 5.92 Å². The van der Waals surface area contributed by atoms with Gasteiger partial charge in [0, 0.05) is 29.9 Å². The Balaban J connectivity index is 1.98. The van der Waals surface area contributed by atoms with E-state index in [0.29, 0.717) is 48.2 Å². The Morgan fingerprint density at radius 2 is 1.71 bits per heavy atom. The van der Waals surface area contributed by atoms with E-state index in [0.717, 1.165) is 6.42 Å². The van der Waals surface area contributed by atoms with Gasteiger partial charge in [0.1, 0.15) is 5.75 Å². The number of anilines is 1. The summed E-state index contributed by atoms with van der Waals surface area (Å²) < 4.78 is 5.72. The van der Waals surface area contributed by atoms with Crippen molar-refractivity contribution in [3.05, 3.63) is 59.7 Å². The van der Waals surface area contributed by atoms with Crippen LogP contribution >= 0.6 is 12.2 Å². The lowest BCUT2D eigenvalue weighted by atomic mass is 10.1. The van der Waals surface area contributed by atoms with Crippen LogP contribution in [0.1, 0.15) is 54.8 Å². The minimum atomic E-state index is -0.331. The number of ether oxygens (including phenoxy) is 1. The van der Waals surface area contributed by atoms with Crippen molar-refractivity contribution in [2.75, 3.05) is 25.0 Å². The summed E-state index contributed by atoms with van der Waals surface area (Å²) in [6, 6.07) is 14.1. The maximum Gasteiger partial charge on any atom is 0.257 e. The first kappa shape index (κ1) is 24.3. The Bertz CT molecular complexity index is 910. The van der Waals surface area contributed by atoms with E-state index in [1.807, 2.05) is 19.9 Å². The van der Waals surface area contributed by atoms with Gasteiger partial charge in [0.15, 0.2) is 5.11 Å². The van der Waals surface area contributed by atoms with Gasteiger partial charge in [-0.3, -0.25) is 14.9 Å². The van der Waals surface area contributed by atoms with Gasteiger partial charge in [-0.2, -0.15) is 0 Å². The molecule has 2 aromatic carbocycles. The molecule has 0 atom stereocenters. The van der Waals surface area contributed by atoms with Crippen LogP contribution < -0.4 is 15.4 Å². The molecule has 0 fully saturated rings. The van der Waals surface area contributed by atoms with Crippen LogP contribution in [0.4, 0.5) is 5.69 Å². The molecular weight excluding hydrogens is 410 g/mol. The van der Waals surface area contributed by atoms with Crippen LogP contribution in [0.15, 0.2) is 48.5 Å². The van der Waals surface area contributed by atoms with Gasteiger partial charge in [-0.05, 0) is 74.8 Å². The molecule has 2 N–H and O–H groups in total. The number of carbonyl (C=O) groups is 2. The average molecular weight is 442 g/mol. The van der Waals surface area contributed by atoms with Crippen molar-refractivity contribution in [1.82, 2.24) is 10.2 Å².